The van der Waals surface area contributed by atoms with Crippen molar-refractivity contribution < 1.29 is 17.3 Å². The van der Waals surface area contributed by atoms with E-state index in [2.05, 4.69) is 11.4 Å². The zero-order chi connectivity index (χ0) is 17.4. The van der Waals surface area contributed by atoms with E-state index in [0.29, 0.717) is 21.9 Å². The van der Waals surface area contributed by atoms with Crippen LogP contribution in [0.1, 0.15) is 30.9 Å². The van der Waals surface area contributed by atoms with Crippen molar-refractivity contribution in [2.24, 2.45) is 0 Å². The number of nitrogens with one attached hydrogen (secondary N) is 1. The molecule has 0 aromatic heterocycles. The molecule has 1 aliphatic rings. The number of nitriles is 1. The fraction of sp³-hybridized carbons (Fsp3) is 0.467. The molecular formula is C15H18N2O4S2. The highest BCUT2D eigenvalue weighted by molar-refractivity contribution is 7.86. The summed E-state index contributed by atoms with van der Waals surface area (Å²) in [4.78, 5) is 0.423. The van der Waals surface area contributed by atoms with Crippen LogP contribution < -0.4 is 10.1 Å². The fourth-order valence-electron chi connectivity index (χ4n) is 2.65. The van der Waals surface area contributed by atoms with E-state index in [1.165, 1.54) is 0 Å². The molecule has 0 spiro atoms. The summed E-state index contributed by atoms with van der Waals surface area (Å²) in [6.07, 6.45) is 0.142. The first kappa shape index (κ1) is 17.7. The molecule has 1 aromatic carbocycles. The molecule has 0 fully saturated rings. The third-order valence-electron chi connectivity index (χ3n) is 3.64. The summed E-state index contributed by atoms with van der Waals surface area (Å²) in [5.41, 5.74) is 0.154. The number of ether oxygens (including phenoxy) is 1. The van der Waals surface area contributed by atoms with Gasteiger partial charge in [0, 0.05) is 12.6 Å². The summed E-state index contributed by atoms with van der Waals surface area (Å²) in [6.45, 7) is 3.49. The van der Waals surface area contributed by atoms with Crippen molar-refractivity contribution in [3.63, 3.8) is 0 Å². The van der Waals surface area contributed by atoms with E-state index in [1.807, 2.05) is 0 Å². The average molecular weight is 354 g/mol. The number of benzene rings is 1. The summed E-state index contributed by atoms with van der Waals surface area (Å²) in [5.74, 6) is 0.0155. The van der Waals surface area contributed by atoms with Gasteiger partial charge in [-0.3, -0.25) is 4.18 Å². The molecule has 1 N–H and O–H groups in total. The largest absolute Gasteiger partial charge is 0.485 e. The molecule has 2 unspecified atom stereocenters. The molecule has 1 aromatic rings. The van der Waals surface area contributed by atoms with E-state index >= 15 is 0 Å². The maximum Gasteiger partial charge on any atom is 0.264 e. The monoisotopic (exact) mass is 354 g/mol. The maximum absolute atomic E-state index is 11.7. The number of rotatable bonds is 3. The van der Waals surface area contributed by atoms with Gasteiger partial charge in [-0.1, -0.05) is 12.2 Å². The minimum absolute atomic E-state index is 0.423. The first-order valence-corrected chi connectivity index (χ1v) is 9.14. The normalized spacial score (nSPS) is 22.4. The summed E-state index contributed by atoms with van der Waals surface area (Å²) in [5, 5.41) is 12.0. The quantitative estimate of drug-likeness (QED) is 0.653. The van der Waals surface area contributed by atoms with Crippen LogP contribution in [0.4, 0.5) is 0 Å². The van der Waals surface area contributed by atoms with E-state index in [4.69, 9.17) is 26.4 Å². The van der Waals surface area contributed by atoms with E-state index in [-0.39, 0.29) is 0 Å². The first-order valence-electron chi connectivity index (χ1n) is 6.92. The molecular weight excluding hydrogens is 336 g/mol. The molecule has 2 atom stereocenters. The van der Waals surface area contributed by atoms with Crippen molar-refractivity contribution in [2.75, 3.05) is 13.3 Å². The van der Waals surface area contributed by atoms with Crippen molar-refractivity contribution >= 4 is 27.3 Å². The summed E-state index contributed by atoms with van der Waals surface area (Å²) < 4.78 is 34.6. The lowest BCUT2D eigenvalue weighted by Gasteiger charge is -2.43. The van der Waals surface area contributed by atoms with Crippen molar-refractivity contribution in [3.8, 4) is 11.8 Å². The Morgan fingerprint density at radius 3 is 2.65 bits per heavy atom. The van der Waals surface area contributed by atoms with E-state index in [0.717, 1.165) is 6.26 Å². The summed E-state index contributed by atoms with van der Waals surface area (Å²) in [6, 6.07) is 7.05. The van der Waals surface area contributed by atoms with Gasteiger partial charge in [-0.2, -0.15) is 13.7 Å². The molecule has 2 rings (SSSR count). The molecule has 0 radical (unpaired) electrons. The molecule has 0 bridgehead atoms. The third-order valence-corrected chi connectivity index (χ3v) is 4.66. The molecule has 124 valence electrons. The molecule has 1 heterocycles. The van der Waals surface area contributed by atoms with Crippen LogP contribution in [0, 0.1) is 11.3 Å². The second-order valence-electron chi connectivity index (χ2n) is 5.88. The number of hydrogen-bond donors (Lipinski definition) is 1. The highest BCUT2D eigenvalue weighted by Gasteiger charge is 2.48. The Morgan fingerprint density at radius 1 is 1.48 bits per heavy atom. The molecule has 8 heteroatoms. The fourth-order valence-corrected chi connectivity index (χ4v) is 3.62. The van der Waals surface area contributed by atoms with Gasteiger partial charge in [0.2, 0.25) is 0 Å². The van der Waals surface area contributed by atoms with Gasteiger partial charge in [-0.15, -0.1) is 0 Å². The van der Waals surface area contributed by atoms with Crippen LogP contribution in [0.2, 0.25) is 0 Å². The van der Waals surface area contributed by atoms with Crippen LogP contribution in [-0.2, 0) is 14.3 Å². The predicted octanol–water partition coefficient (Wildman–Crippen LogP) is 1.70. The Morgan fingerprint density at radius 2 is 2.13 bits per heavy atom. The maximum atomic E-state index is 11.7. The van der Waals surface area contributed by atoms with E-state index in [1.54, 1.807) is 39.1 Å². The van der Waals surface area contributed by atoms with Crippen LogP contribution in [-0.4, -0.2) is 38.4 Å². The van der Waals surface area contributed by atoms with Gasteiger partial charge in [0.15, 0.2) is 0 Å². The molecule has 0 saturated heterocycles. The highest BCUT2D eigenvalue weighted by Crippen LogP contribution is 2.43. The Balaban J connectivity index is 2.65. The Bertz CT molecular complexity index is 781. The smallest absolute Gasteiger partial charge is 0.264 e. The Hall–Kier alpha value is -1.69. The van der Waals surface area contributed by atoms with Gasteiger partial charge in [0.05, 0.1) is 28.8 Å². The molecule has 0 saturated carbocycles. The van der Waals surface area contributed by atoms with Crippen molar-refractivity contribution in [3.05, 3.63) is 29.3 Å². The van der Waals surface area contributed by atoms with Crippen molar-refractivity contribution in [1.29, 1.82) is 5.26 Å². The van der Waals surface area contributed by atoms with Crippen molar-refractivity contribution in [2.45, 2.75) is 31.5 Å². The van der Waals surface area contributed by atoms with Gasteiger partial charge in [0.1, 0.15) is 17.5 Å². The predicted molar refractivity (Wildman–Crippen MR) is 90.0 cm³/mol. The van der Waals surface area contributed by atoms with Crippen LogP contribution >= 0.6 is 12.2 Å². The van der Waals surface area contributed by atoms with E-state index in [9.17, 15) is 8.42 Å². The second-order valence-corrected chi connectivity index (χ2v) is 7.92. The highest BCUT2D eigenvalue weighted by atomic mass is 32.2. The van der Waals surface area contributed by atoms with Gasteiger partial charge in [-0.25, -0.2) is 0 Å². The Labute approximate surface area is 141 Å². The van der Waals surface area contributed by atoms with Crippen LogP contribution in [0.5, 0.6) is 5.75 Å². The first-order chi connectivity index (χ1) is 10.6. The van der Waals surface area contributed by atoms with Gasteiger partial charge < -0.3 is 10.1 Å². The third kappa shape index (κ3) is 3.63. The average Bonchev–Trinajstić information content (AvgIpc) is 2.45. The number of hydrogen-bond acceptors (Lipinski definition) is 6. The number of nitrogens with zero attached hydrogens (tertiary/aromatic N) is 1. The zero-order valence-electron chi connectivity index (χ0n) is 13.3. The van der Waals surface area contributed by atoms with E-state index < -0.39 is 27.7 Å². The summed E-state index contributed by atoms with van der Waals surface area (Å²) in [7, 11) is -2.06. The topological polar surface area (TPSA) is 88.4 Å². The van der Waals surface area contributed by atoms with Gasteiger partial charge in [-0.05, 0) is 32.0 Å². The number of thiocarbonyl (C=S) groups is 1. The minimum atomic E-state index is -3.72. The zero-order valence-corrected chi connectivity index (χ0v) is 14.9. The van der Waals surface area contributed by atoms with Crippen molar-refractivity contribution in [1.82, 2.24) is 5.32 Å². The van der Waals surface area contributed by atoms with Gasteiger partial charge >= 0.3 is 0 Å². The number of likely N-dealkylation sites (N-methyl/N-ethyl adjacent to an activating group) is 1. The van der Waals surface area contributed by atoms with Gasteiger partial charge in [0.25, 0.3) is 10.1 Å². The molecule has 1 aliphatic heterocycles. The molecule has 6 nitrogen and oxygen atoms in total. The Kier molecular flexibility index (Phi) is 4.66. The molecule has 0 amide bonds. The standard InChI is InChI=1S/C15H18N2O4S2/c1-15(2)13(21-23(4,18)19)12(14(22)17-3)10-7-9(8-16)5-6-11(10)20-15/h5-7,12-13H,1-4H3,(H,17,22). The van der Waals surface area contributed by atoms with Crippen LogP contribution in [0.3, 0.4) is 0 Å². The lowest BCUT2D eigenvalue weighted by Crippen LogP contribution is -2.54. The molecule has 0 aliphatic carbocycles. The second kappa shape index (κ2) is 6.07. The number of fused-ring (bicyclic) bond motifs is 1. The molecule has 23 heavy (non-hydrogen) atoms. The van der Waals surface area contributed by atoms with Crippen LogP contribution in [0.25, 0.3) is 0 Å². The SMILES string of the molecule is CNC(=S)C1c2cc(C#N)ccc2OC(C)(C)C1OS(C)(=O)=O. The summed E-state index contributed by atoms with van der Waals surface area (Å²) >= 11 is 5.38. The lowest BCUT2D eigenvalue weighted by atomic mass is 9.81. The lowest BCUT2D eigenvalue weighted by molar-refractivity contribution is -0.0287. The van der Waals surface area contributed by atoms with Crippen LogP contribution in [0.15, 0.2) is 18.2 Å². The minimum Gasteiger partial charge on any atom is -0.485 e.